The van der Waals surface area contributed by atoms with Crippen molar-refractivity contribution in [1.29, 1.82) is 0 Å². The molecule has 2 aliphatic carbocycles. The highest BCUT2D eigenvalue weighted by Crippen LogP contribution is 2.06. The van der Waals surface area contributed by atoms with Crippen LogP contribution in [0.2, 0.25) is 0 Å². The molecule has 1 aromatic rings. The summed E-state index contributed by atoms with van der Waals surface area (Å²) in [6, 6.07) is 0. The number of rotatable bonds is 0. The Morgan fingerprint density at radius 2 is 1.35 bits per heavy atom. The smallest absolute Gasteiger partial charge is 0.0312 e. The maximum absolute atomic E-state index is 2.44. The van der Waals surface area contributed by atoms with Crippen LogP contribution in [0.5, 0.6) is 0 Å². The molecular weight excluding hydrogens is 260 g/mol. The molecule has 1 unspecified atom stereocenters. The number of hydrogen-bond acceptors (Lipinski definition) is 1. The molecule has 0 aliphatic heterocycles. The van der Waals surface area contributed by atoms with Crippen LogP contribution in [-0.4, -0.2) is 0 Å². The molecule has 2 aliphatic rings. The molecule has 3 rings (SSSR count). The molecule has 20 heavy (non-hydrogen) atoms. The van der Waals surface area contributed by atoms with E-state index in [2.05, 4.69) is 31.2 Å². The quantitative estimate of drug-likeness (QED) is 0.682. The summed E-state index contributed by atoms with van der Waals surface area (Å²) in [4.78, 5) is 0. The zero-order valence-electron chi connectivity index (χ0n) is 14.4. The third-order valence-corrected chi connectivity index (χ3v) is 4.23. The summed E-state index contributed by atoms with van der Waals surface area (Å²) in [5.74, 6) is 0.719. The second-order valence-electron chi connectivity index (χ2n) is 4.23. The average Bonchev–Trinajstić information content (AvgIpc) is 2.91. The van der Waals surface area contributed by atoms with Crippen molar-refractivity contribution in [3.63, 3.8) is 0 Å². The van der Waals surface area contributed by atoms with Crippen LogP contribution >= 0.6 is 11.3 Å². The molecular formula is C19H32S. The Morgan fingerprint density at radius 1 is 0.800 bits per heavy atom. The molecule has 1 atom stereocenters. The summed E-state index contributed by atoms with van der Waals surface area (Å²) in [6.07, 6.45) is 13.3. The molecule has 0 nitrogen and oxygen atoms in total. The molecule has 1 heterocycles. The summed E-state index contributed by atoms with van der Waals surface area (Å²) in [7, 11) is 0. The van der Waals surface area contributed by atoms with Gasteiger partial charge in [-0.1, -0.05) is 72.8 Å². The van der Waals surface area contributed by atoms with Gasteiger partial charge in [0, 0.05) is 9.06 Å². The van der Waals surface area contributed by atoms with E-state index in [1.807, 2.05) is 52.9 Å². The fourth-order valence-electron chi connectivity index (χ4n) is 2.27. The van der Waals surface area contributed by atoms with Crippen molar-refractivity contribution in [1.82, 2.24) is 0 Å². The second kappa shape index (κ2) is 10.9. The highest BCUT2D eigenvalue weighted by atomic mass is 32.1. The van der Waals surface area contributed by atoms with Crippen molar-refractivity contribution >= 4 is 35.6 Å². The molecule has 1 aromatic heterocycles. The molecule has 0 saturated carbocycles. The number of thiophene rings is 1. The first-order valence-electron chi connectivity index (χ1n) is 8.36. The minimum Gasteiger partial charge on any atom is -0.136 e. The van der Waals surface area contributed by atoms with Crippen molar-refractivity contribution in [2.75, 3.05) is 0 Å². The van der Waals surface area contributed by atoms with Crippen LogP contribution < -0.4 is 19.5 Å². The Kier molecular flexibility index (Phi) is 10.5. The molecule has 0 radical (unpaired) electrons. The summed E-state index contributed by atoms with van der Waals surface area (Å²) < 4.78 is 3.00. The van der Waals surface area contributed by atoms with E-state index in [0.717, 1.165) is 5.92 Å². The summed E-state index contributed by atoms with van der Waals surface area (Å²) in [5.41, 5.74) is 0. The van der Waals surface area contributed by atoms with Crippen LogP contribution in [0.15, 0.2) is 0 Å². The van der Waals surface area contributed by atoms with Crippen LogP contribution in [0.3, 0.4) is 0 Å². The van der Waals surface area contributed by atoms with E-state index in [-0.39, 0.29) is 0 Å². The highest BCUT2D eigenvalue weighted by Gasteiger charge is 2.06. The first kappa shape index (κ1) is 19.2. The predicted octanol–water partition coefficient (Wildman–Crippen LogP) is 3.78. The lowest BCUT2D eigenvalue weighted by Crippen LogP contribution is -2.40. The van der Waals surface area contributed by atoms with Crippen molar-refractivity contribution in [2.45, 2.75) is 67.7 Å². The van der Waals surface area contributed by atoms with Gasteiger partial charge in [0.15, 0.2) is 0 Å². The molecule has 114 valence electrons. The summed E-state index contributed by atoms with van der Waals surface area (Å²) in [5, 5.41) is 3.03. The monoisotopic (exact) mass is 292 g/mol. The average molecular weight is 293 g/mol. The SMILES string of the molecule is CC.CC.CC.CC1C=c2c(sc3c2=CCCC=3)=CC1. The summed E-state index contributed by atoms with van der Waals surface area (Å²) in [6.45, 7) is 14.3. The van der Waals surface area contributed by atoms with E-state index < -0.39 is 0 Å². The van der Waals surface area contributed by atoms with E-state index in [1.165, 1.54) is 38.8 Å². The second-order valence-corrected chi connectivity index (χ2v) is 5.31. The van der Waals surface area contributed by atoms with Crippen LogP contribution in [0, 0.1) is 5.92 Å². The largest absolute Gasteiger partial charge is 0.136 e. The molecule has 1 heteroatoms. The van der Waals surface area contributed by atoms with Gasteiger partial charge in [-0.3, -0.25) is 0 Å². The molecule has 0 aromatic carbocycles. The Balaban J connectivity index is 0.000000538. The van der Waals surface area contributed by atoms with Crippen molar-refractivity contribution in [2.24, 2.45) is 5.92 Å². The van der Waals surface area contributed by atoms with E-state index in [1.54, 1.807) is 0 Å². The van der Waals surface area contributed by atoms with Crippen LogP contribution in [0.25, 0.3) is 24.3 Å². The zero-order chi connectivity index (χ0) is 15.5. The maximum atomic E-state index is 2.44. The number of hydrogen-bond donors (Lipinski definition) is 0. The molecule has 0 saturated heterocycles. The molecule has 0 amide bonds. The predicted molar refractivity (Wildman–Crippen MR) is 97.7 cm³/mol. The van der Waals surface area contributed by atoms with Gasteiger partial charge in [0.25, 0.3) is 0 Å². The third-order valence-electron chi connectivity index (χ3n) is 3.01. The molecule has 0 bridgehead atoms. The lowest BCUT2D eigenvalue weighted by Gasteiger charge is -2.04. The van der Waals surface area contributed by atoms with Gasteiger partial charge in [0.05, 0.1) is 0 Å². The van der Waals surface area contributed by atoms with Crippen LogP contribution in [0.4, 0.5) is 0 Å². The van der Waals surface area contributed by atoms with Crippen molar-refractivity contribution < 1.29 is 0 Å². The van der Waals surface area contributed by atoms with Gasteiger partial charge in [0.1, 0.15) is 0 Å². The zero-order valence-corrected chi connectivity index (χ0v) is 15.2. The van der Waals surface area contributed by atoms with E-state index in [9.17, 15) is 0 Å². The Labute approximate surface area is 129 Å². The number of fused-ring (bicyclic) bond motifs is 3. The minimum atomic E-state index is 0.719. The lowest BCUT2D eigenvalue weighted by molar-refractivity contribution is 0.802. The van der Waals surface area contributed by atoms with Crippen LogP contribution in [-0.2, 0) is 0 Å². The van der Waals surface area contributed by atoms with Gasteiger partial charge in [-0.05, 0) is 35.6 Å². The minimum absolute atomic E-state index is 0.719. The van der Waals surface area contributed by atoms with Gasteiger partial charge in [-0.2, -0.15) is 0 Å². The van der Waals surface area contributed by atoms with Gasteiger partial charge in [0.2, 0.25) is 0 Å². The first-order valence-corrected chi connectivity index (χ1v) is 9.17. The normalized spacial score (nSPS) is 17.2. The van der Waals surface area contributed by atoms with Crippen LogP contribution in [0.1, 0.15) is 67.7 Å². The van der Waals surface area contributed by atoms with E-state index in [0.29, 0.717) is 0 Å². The Bertz CT molecular complexity index is 587. The highest BCUT2D eigenvalue weighted by molar-refractivity contribution is 7.07. The van der Waals surface area contributed by atoms with Gasteiger partial charge >= 0.3 is 0 Å². The first-order chi connectivity index (χ1) is 9.84. The topological polar surface area (TPSA) is 0 Å². The van der Waals surface area contributed by atoms with Gasteiger partial charge < -0.3 is 0 Å². The van der Waals surface area contributed by atoms with Crippen molar-refractivity contribution in [3.8, 4) is 0 Å². The third kappa shape index (κ3) is 4.63. The fraction of sp³-hybridized carbons (Fsp3) is 0.579. The standard InChI is InChI=1S/C13H14S.3C2H6/c1-9-6-7-13-11(8-9)10-4-2-3-5-12(10)14-13;3*1-2/h4-5,7-9H,2-3,6H2,1H3;3*1-2H3. The lowest BCUT2D eigenvalue weighted by atomic mass is 10.0. The summed E-state index contributed by atoms with van der Waals surface area (Å²) >= 11 is 1.97. The molecule has 0 fully saturated rings. The maximum Gasteiger partial charge on any atom is 0.0312 e. The Morgan fingerprint density at radius 3 is 2.00 bits per heavy atom. The molecule has 0 N–H and O–H groups in total. The van der Waals surface area contributed by atoms with Gasteiger partial charge in [-0.25, -0.2) is 0 Å². The van der Waals surface area contributed by atoms with E-state index in [4.69, 9.17) is 0 Å². The van der Waals surface area contributed by atoms with Crippen molar-refractivity contribution in [3.05, 3.63) is 19.5 Å². The van der Waals surface area contributed by atoms with E-state index >= 15 is 0 Å². The Hall–Kier alpha value is -0.820. The van der Waals surface area contributed by atoms with Gasteiger partial charge in [-0.15, -0.1) is 11.3 Å². The fourth-order valence-corrected chi connectivity index (χ4v) is 3.48. The molecule has 0 spiro atoms.